The largest absolute Gasteiger partial charge is 0.497 e. The predicted molar refractivity (Wildman–Crippen MR) is 131 cm³/mol. The summed E-state index contributed by atoms with van der Waals surface area (Å²) in [6.07, 6.45) is 0.301. The van der Waals surface area contributed by atoms with Gasteiger partial charge in [0.2, 0.25) is 11.4 Å². The van der Waals surface area contributed by atoms with Crippen molar-refractivity contribution in [2.75, 3.05) is 7.11 Å². The Morgan fingerprint density at radius 3 is 2.32 bits per heavy atom. The molecule has 0 aromatic heterocycles. The number of ether oxygens (including phenoxy) is 1. The van der Waals surface area contributed by atoms with Crippen LogP contribution in [-0.4, -0.2) is 41.3 Å². The number of halogens is 3. The lowest BCUT2D eigenvalue weighted by Crippen LogP contribution is -2.66. The van der Waals surface area contributed by atoms with Crippen molar-refractivity contribution in [1.29, 1.82) is 0 Å². The van der Waals surface area contributed by atoms with E-state index in [4.69, 9.17) is 4.74 Å². The monoisotopic (exact) mass is 520 g/mol. The summed E-state index contributed by atoms with van der Waals surface area (Å²) in [7, 11) is 1.50. The van der Waals surface area contributed by atoms with Crippen molar-refractivity contribution < 1.29 is 32.3 Å². The number of rotatable bonds is 7. The van der Waals surface area contributed by atoms with Crippen molar-refractivity contribution in [2.45, 2.75) is 89.9 Å². The van der Waals surface area contributed by atoms with Crippen LogP contribution in [0.5, 0.6) is 5.75 Å². The second kappa shape index (κ2) is 10.1. The molecule has 2 aliphatic carbocycles. The molecule has 1 aromatic carbocycles. The Morgan fingerprint density at radius 2 is 1.73 bits per heavy atom. The third-order valence-electron chi connectivity index (χ3n) is 7.88. The molecule has 0 spiro atoms. The van der Waals surface area contributed by atoms with Crippen LogP contribution in [0.4, 0.5) is 13.2 Å². The summed E-state index contributed by atoms with van der Waals surface area (Å²) in [5, 5.41) is 2.06. The first-order chi connectivity index (χ1) is 17.4. The molecule has 37 heavy (non-hydrogen) atoms. The molecule has 1 saturated carbocycles. The Morgan fingerprint density at radius 1 is 1.08 bits per heavy atom. The van der Waals surface area contributed by atoms with Gasteiger partial charge in [-0.15, -0.1) is 0 Å². The molecule has 0 radical (unpaired) electrons. The van der Waals surface area contributed by atoms with Gasteiger partial charge in [0.25, 0.3) is 5.91 Å². The van der Waals surface area contributed by atoms with E-state index in [1.165, 1.54) is 7.11 Å². The summed E-state index contributed by atoms with van der Waals surface area (Å²) >= 11 is 0. The number of amides is 2. The minimum Gasteiger partial charge on any atom is -0.497 e. The summed E-state index contributed by atoms with van der Waals surface area (Å²) in [4.78, 5) is 41.0. The third kappa shape index (κ3) is 5.27. The van der Waals surface area contributed by atoms with E-state index in [2.05, 4.69) is 5.32 Å². The number of hydrogen-bond donors (Lipinski definition) is 1. The van der Waals surface area contributed by atoms with Crippen LogP contribution >= 0.6 is 0 Å². The molecule has 1 aliphatic heterocycles. The number of nitrogens with zero attached hydrogens (tertiary/aromatic N) is 1. The van der Waals surface area contributed by atoms with Gasteiger partial charge in [-0.2, -0.15) is 13.2 Å². The lowest BCUT2D eigenvalue weighted by atomic mass is 9.72. The molecule has 1 heterocycles. The number of Topliss-reactive ketones (excluding diaryl/α,β-unsaturated/α-hetero) is 1. The van der Waals surface area contributed by atoms with Gasteiger partial charge in [0.15, 0.2) is 5.78 Å². The summed E-state index contributed by atoms with van der Waals surface area (Å²) in [6.45, 7) is 3.43. The molecule has 3 aliphatic rings. The Labute approximate surface area is 215 Å². The van der Waals surface area contributed by atoms with Crippen molar-refractivity contribution in [3.8, 4) is 5.75 Å². The summed E-state index contributed by atoms with van der Waals surface area (Å²) < 4.78 is 49.9. The topological polar surface area (TPSA) is 75.7 Å². The zero-order valence-electron chi connectivity index (χ0n) is 21.7. The quantitative estimate of drug-likeness (QED) is 0.518. The zero-order valence-corrected chi connectivity index (χ0v) is 21.7. The van der Waals surface area contributed by atoms with Crippen LogP contribution in [0.1, 0.15) is 77.2 Å². The third-order valence-corrected chi connectivity index (χ3v) is 7.88. The number of allylic oxidation sites excluding steroid dienone is 1. The number of carbonyl (C=O) groups excluding carboxylic acids is 3. The first kappa shape index (κ1) is 27.2. The predicted octanol–water partition coefficient (Wildman–Crippen LogP) is 5.46. The molecular weight excluding hydrogens is 485 g/mol. The molecule has 9 heteroatoms. The van der Waals surface area contributed by atoms with Crippen molar-refractivity contribution in [3.05, 3.63) is 41.1 Å². The van der Waals surface area contributed by atoms with Crippen LogP contribution in [0.25, 0.3) is 0 Å². The van der Waals surface area contributed by atoms with Gasteiger partial charge in [0.05, 0.1) is 19.2 Å². The molecule has 0 bridgehead atoms. The summed E-state index contributed by atoms with van der Waals surface area (Å²) in [5.74, 6) is -2.06. The number of hydrogen-bond acceptors (Lipinski definition) is 4. The van der Waals surface area contributed by atoms with Crippen LogP contribution < -0.4 is 10.1 Å². The Balaban J connectivity index is 1.69. The van der Waals surface area contributed by atoms with Gasteiger partial charge >= 0.3 is 6.18 Å². The molecule has 1 aromatic rings. The molecule has 2 amide bonds. The maximum atomic E-state index is 14.9. The highest BCUT2D eigenvalue weighted by molar-refractivity contribution is 6.13. The highest BCUT2D eigenvalue weighted by atomic mass is 19.4. The van der Waals surface area contributed by atoms with Crippen molar-refractivity contribution in [2.24, 2.45) is 11.3 Å². The molecule has 1 atom stereocenters. The standard InChI is InChI=1S/C28H35F3N2O4/c1-26(2)15-21-24(22(34)16-26)27(28(29,30)31,32-23(35)14-11-18-7-5-4-6-8-18)25(36)33(21)17-19-9-12-20(37-3)13-10-19/h9-10,12-13,18H,4-8,11,14-17H2,1-3H3,(H,32,35)/t27-/m0/s1. The average molecular weight is 521 g/mol. The van der Waals surface area contributed by atoms with Gasteiger partial charge in [-0.1, -0.05) is 58.1 Å². The van der Waals surface area contributed by atoms with Gasteiger partial charge in [-0.3, -0.25) is 14.4 Å². The SMILES string of the molecule is COc1ccc(CN2C(=O)[C@](NC(=O)CCC3CCCCC3)(C(F)(F)F)C3=C2CC(C)(C)CC3=O)cc1. The van der Waals surface area contributed by atoms with E-state index in [1.807, 2.05) is 0 Å². The van der Waals surface area contributed by atoms with Gasteiger partial charge in [-0.25, -0.2) is 0 Å². The Hall–Kier alpha value is -2.84. The molecule has 6 nitrogen and oxygen atoms in total. The highest BCUT2D eigenvalue weighted by Crippen LogP contribution is 2.52. The second-order valence-electron chi connectivity index (χ2n) is 11.3. The molecule has 1 fully saturated rings. The minimum atomic E-state index is -5.18. The van der Waals surface area contributed by atoms with E-state index in [1.54, 1.807) is 38.1 Å². The summed E-state index contributed by atoms with van der Waals surface area (Å²) in [5.41, 5.74) is -3.98. The number of benzene rings is 1. The molecule has 4 rings (SSSR count). The van der Waals surface area contributed by atoms with Crippen LogP contribution in [0.2, 0.25) is 0 Å². The molecule has 202 valence electrons. The van der Waals surface area contributed by atoms with Gasteiger partial charge < -0.3 is 15.0 Å². The maximum Gasteiger partial charge on any atom is 0.425 e. The first-order valence-corrected chi connectivity index (χ1v) is 13.0. The first-order valence-electron chi connectivity index (χ1n) is 13.0. The number of methoxy groups -OCH3 is 1. The lowest BCUT2D eigenvalue weighted by molar-refractivity contribution is -0.194. The van der Waals surface area contributed by atoms with Crippen molar-refractivity contribution in [1.82, 2.24) is 10.2 Å². The molecule has 0 unspecified atom stereocenters. The van der Waals surface area contributed by atoms with Gasteiger partial charge in [0, 0.05) is 18.5 Å². The summed E-state index contributed by atoms with van der Waals surface area (Å²) in [6, 6.07) is 6.65. The number of ketones is 1. The molecule has 1 N–H and O–H groups in total. The fourth-order valence-corrected chi connectivity index (χ4v) is 5.99. The average Bonchev–Trinajstić information content (AvgIpc) is 3.06. The van der Waals surface area contributed by atoms with Gasteiger partial charge in [-0.05, 0) is 41.9 Å². The second-order valence-corrected chi connectivity index (χ2v) is 11.3. The lowest BCUT2D eigenvalue weighted by Gasteiger charge is -2.35. The number of carbonyl (C=O) groups is 3. The van der Waals surface area contributed by atoms with Crippen molar-refractivity contribution >= 4 is 17.6 Å². The Bertz CT molecular complexity index is 1090. The Kier molecular flexibility index (Phi) is 7.45. The van der Waals surface area contributed by atoms with Crippen LogP contribution in [0.15, 0.2) is 35.5 Å². The number of alkyl halides is 3. The van der Waals surface area contributed by atoms with Crippen LogP contribution in [-0.2, 0) is 20.9 Å². The normalized spacial score (nSPS) is 24.3. The molecule has 0 saturated heterocycles. The van der Waals surface area contributed by atoms with Crippen LogP contribution in [0.3, 0.4) is 0 Å². The zero-order chi connectivity index (χ0) is 27.0. The smallest absolute Gasteiger partial charge is 0.425 e. The van der Waals surface area contributed by atoms with Gasteiger partial charge in [0.1, 0.15) is 5.75 Å². The van der Waals surface area contributed by atoms with E-state index in [0.717, 1.165) is 37.0 Å². The van der Waals surface area contributed by atoms with E-state index in [9.17, 15) is 27.6 Å². The highest BCUT2D eigenvalue weighted by Gasteiger charge is 2.71. The minimum absolute atomic E-state index is 0.0481. The van der Waals surface area contributed by atoms with E-state index >= 15 is 0 Å². The van der Waals surface area contributed by atoms with Crippen molar-refractivity contribution in [3.63, 3.8) is 0 Å². The fourth-order valence-electron chi connectivity index (χ4n) is 5.99. The van der Waals surface area contributed by atoms with E-state index < -0.39 is 40.3 Å². The maximum absolute atomic E-state index is 14.9. The van der Waals surface area contributed by atoms with Crippen LogP contribution in [0, 0.1) is 11.3 Å². The molecular formula is C28H35F3N2O4. The fraction of sp³-hybridized carbons (Fsp3) is 0.607. The van der Waals surface area contributed by atoms with E-state index in [0.29, 0.717) is 23.7 Å². The number of nitrogens with one attached hydrogen (secondary N) is 1. The van der Waals surface area contributed by atoms with E-state index in [-0.39, 0.29) is 31.5 Å².